The van der Waals surface area contributed by atoms with Crippen molar-refractivity contribution in [2.75, 3.05) is 12.4 Å². The van der Waals surface area contributed by atoms with Crippen LogP contribution in [0.4, 0.5) is 0 Å². The van der Waals surface area contributed by atoms with Crippen molar-refractivity contribution in [3.05, 3.63) is 35.5 Å². The van der Waals surface area contributed by atoms with E-state index in [4.69, 9.17) is 17.0 Å². The minimum atomic E-state index is -0.437. The van der Waals surface area contributed by atoms with Crippen LogP contribution in [0.5, 0.6) is 0 Å². The molecular formula is C13H12N2O2. The summed E-state index contributed by atoms with van der Waals surface area (Å²) < 4.78 is 6.23. The molecule has 0 saturated carbocycles. The lowest BCUT2D eigenvalue weighted by Gasteiger charge is -2.03. The first kappa shape index (κ1) is 11.1. The van der Waals surface area contributed by atoms with Crippen LogP contribution in [-0.4, -0.2) is 17.3 Å². The zero-order valence-electron chi connectivity index (χ0n) is 9.43. The summed E-state index contributed by atoms with van der Waals surface area (Å²) in [5, 5.41) is 0.825. The lowest BCUT2D eigenvalue weighted by atomic mass is 10.2. The number of carbonyl (C=O) groups excluding carboxylic acids is 1. The van der Waals surface area contributed by atoms with Gasteiger partial charge in [-0.05, 0) is 31.2 Å². The molecule has 2 aromatic rings. The summed E-state index contributed by atoms with van der Waals surface area (Å²) >= 11 is 0. The molecule has 1 heterocycles. The number of rotatable bonds is 2. The number of hydrogen-bond acceptors (Lipinski definition) is 3. The number of hydrogen-bond donors (Lipinski definition) is 1. The van der Waals surface area contributed by atoms with Gasteiger partial charge in [-0.1, -0.05) is 5.92 Å². The molecule has 0 atom stereocenters. The Morgan fingerprint density at radius 1 is 1.53 bits per heavy atom. The van der Waals surface area contributed by atoms with Crippen LogP contribution >= 0.6 is 0 Å². The number of aromatic nitrogens is 1. The van der Waals surface area contributed by atoms with Crippen LogP contribution in [0.2, 0.25) is 0 Å². The third kappa shape index (κ3) is 1.83. The fraction of sp³-hybridized carbons (Fsp3) is 0.154. The zero-order chi connectivity index (χ0) is 12.4. The molecule has 4 nitrogen and oxygen atoms in total. The maximum atomic E-state index is 11.6. The molecule has 0 saturated heterocycles. The number of ether oxygens (including phenoxy) is 1. The molecule has 1 aromatic carbocycles. The van der Waals surface area contributed by atoms with E-state index in [9.17, 15) is 4.79 Å². The molecule has 86 valence electrons. The highest BCUT2D eigenvalue weighted by Crippen LogP contribution is 2.19. The predicted molar refractivity (Wildman–Crippen MR) is 66.0 cm³/mol. The van der Waals surface area contributed by atoms with Crippen LogP contribution in [0, 0.1) is 12.3 Å². The Labute approximate surface area is 98.9 Å². The number of nitrogens with zero attached hydrogens (tertiary/aromatic N) is 1. The summed E-state index contributed by atoms with van der Waals surface area (Å²) in [6.07, 6.45) is 5.31. The van der Waals surface area contributed by atoms with Gasteiger partial charge in [0.05, 0.1) is 12.1 Å². The van der Waals surface area contributed by atoms with Crippen LogP contribution < -0.4 is 5.84 Å². The highest BCUT2D eigenvalue weighted by molar-refractivity contribution is 5.96. The molecule has 0 aliphatic heterocycles. The molecule has 0 fully saturated rings. The second-order valence-corrected chi connectivity index (χ2v) is 3.54. The van der Waals surface area contributed by atoms with Crippen molar-refractivity contribution < 1.29 is 9.53 Å². The van der Waals surface area contributed by atoms with E-state index in [2.05, 4.69) is 5.92 Å². The Bertz CT molecular complexity index is 620. The normalized spacial score (nSPS) is 10.1. The second kappa shape index (κ2) is 4.22. The van der Waals surface area contributed by atoms with Crippen molar-refractivity contribution in [3.63, 3.8) is 0 Å². The van der Waals surface area contributed by atoms with Gasteiger partial charge in [0.15, 0.2) is 0 Å². The van der Waals surface area contributed by atoms with E-state index < -0.39 is 5.97 Å². The average Bonchev–Trinajstić information content (AvgIpc) is 2.66. The fourth-order valence-corrected chi connectivity index (χ4v) is 1.69. The van der Waals surface area contributed by atoms with Crippen molar-refractivity contribution in [2.24, 2.45) is 0 Å². The second-order valence-electron chi connectivity index (χ2n) is 3.54. The average molecular weight is 228 g/mol. The van der Waals surface area contributed by atoms with Gasteiger partial charge >= 0.3 is 5.97 Å². The lowest BCUT2D eigenvalue weighted by molar-refractivity contribution is 0.0517. The monoisotopic (exact) mass is 228 g/mol. The Morgan fingerprint density at radius 2 is 2.29 bits per heavy atom. The molecule has 0 amide bonds. The summed E-state index contributed by atoms with van der Waals surface area (Å²) in [7, 11) is 0. The van der Waals surface area contributed by atoms with E-state index in [1.54, 1.807) is 31.2 Å². The quantitative estimate of drug-likeness (QED) is 0.481. The summed E-state index contributed by atoms with van der Waals surface area (Å²) in [5.41, 5.74) is 1.81. The van der Waals surface area contributed by atoms with Crippen LogP contribution in [0.3, 0.4) is 0 Å². The number of carbonyl (C=O) groups is 1. The van der Waals surface area contributed by atoms with Gasteiger partial charge in [-0.15, -0.1) is 6.42 Å². The standard InChI is InChI=1S/C13H12N2O2/c1-3-9-5-6-11-10(7-9)8-12(15(11)14)13(16)17-4-2/h1,5-8H,4,14H2,2H3. The number of benzene rings is 1. The van der Waals surface area contributed by atoms with Crippen LogP contribution in [0.1, 0.15) is 23.0 Å². The first-order valence-corrected chi connectivity index (χ1v) is 5.21. The molecule has 2 rings (SSSR count). The van der Waals surface area contributed by atoms with Gasteiger partial charge in [-0.25, -0.2) is 4.79 Å². The summed E-state index contributed by atoms with van der Waals surface area (Å²) in [4.78, 5) is 11.6. The molecule has 1 aromatic heterocycles. The van der Waals surface area contributed by atoms with Gasteiger partial charge in [0.2, 0.25) is 0 Å². The Balaban J connectivity index is 2.57. The Morgan fingerprint density at radius 3 is 2.94 bits per heavy atom. The van der Waals surface area contributed by atoms with E-state index >= 15 is 0 Å². The van der Waals surface area contributed by atoms with E-state index in [0.717, 1.165) is 16.5 Å². The van der Waals surface area contributed by atoms with E-state index in [1.165, 1.54) is 4.68 Å². The summed E-state index contributed by atoms with van der Waals surface area (Å²) in [5.74, 6) is 7.93. The number of esters is 1. The topological polar surface area (TPSA) is 57.2 Å². The first-order valence-electron chi connectivity index (χ1n) is 5.21. The highest BCUT2D eigenvalue weighted by Gasteiger charge is 2.14. The van der Waals surface area contributed by atoms with E-state index in [1.807, 2.05) is 0 Å². The summed E-state index contributed by atoms with van der Waals surface area (Å²) in [6.45, 7) is 2.06. The van der Waals surface area contributed by atoms with Crippen LogP contribution in [0.15, 0.2) is 24.3 Å². The minimum absolute atomic E-state index is 0.315. The van der Waals surface area contributed by atoms with Gasteiger partial charge in [0.25, 0.3) is 0 Å². The van der Waals surface area contributed by atoms with Crippen molar-refractivity contribution in [3.8, 4) is 12.3 Å². The van der Waals surface area contributed by atoms with E-state index in [0.29, 0.717) is 12.3 Å². The van der Waals surface area contributed by atoms with Gasteiger partial charge < -0.3 is 10.6 Å². The molecular weight excluding hydrogens is 216 g/mol. The molecule has 0 bridgehead atoms. The maximum Gasteiger partial charge on any atom is 0.356 e. The third-order valence-corrected chi connectivity index (χ3v) is 2.49. The van der Waals surface area contributed by atoms with Gasteiger partial charge in [-0.3, -0.25) is 4.68 Å². The number of nitrogen functional groups attached to an aromatic ring is 1. The van der Waals surface area contributed by atoms with Crippen LogP contribution in [0.25, 0.3) is 10.9 Å². The SMILES string of the molecule is C#Cc1ccc2c(c1)cc(C(=O)OCC)n2N. The predicted octanol–water partition coefficient (Wildman–Crippen LogP) is 1.51. The van der Waals surface area contributed by atoms with Gasteiger partial charge in [0.1, 0.15) is 5.69 Å². The number of terminal acetylenes is 1. The van der Waals surface area contributed by atoms with Crippen molar-refractivity contribution in [1.82, 2.24) is 4.68 Å². The minimum Gasteiger partial charge on any atom is -0.461 e. The van der Waals surface area contributed by atoms with Gasteiger partial charge in [0, 0.05) is 10.9 Å². The Kier molecular flexibility index (Phi) is 2.75. The molecule has 0 unspecified atom stereocenters. The highest BCUT2D eigenvalue weighted by atomic mass is 16.5. The maximum absolute atomic E-state index is 11.6. The van der Waals surface area contributed by atoms with Crippen molar-refractivity contribution in [2.45, 2.75) is 6.92 Å². The molecule has 0 radical (unpaired) electrons. The van der Waals surface area contributed by atoms with Crippen molar-refractivity contribution in [1.29, 1.82) is 0 Å². The lowest BCUT2D eigenvalue weighted by Crippen LogP contribution is -2.17. The molecule has 17 heavy (non-hydrogen) atoms. The largest absolute Gasteiger partial charge is 0.461 e. The molecule has 2 N–H and O–H groups in total. The van der Waals surface area contributed by atoms with Crippen molar-refractivity contribution >= 4 is 16.9 Å². The smallest absolute Gasteiger partial charge is 0.356 e. The summed E-state index contributed by atoms with van der Waals surface area (Å²) in [6, 6.07) is 7.05. The first-order chi connectivity index (χ1) is 8.17. The molecule has 0 aliphatic rings. The molecule has 0 spiro atoms. The van der Waals surface area contributed by atoms with Crippen LogP contribution in [-0.2, 0) is 4.74 Å². The third-order valence-electron chi connectivity index (χ3n) is 2.49. The van der Waals surface area contributed by atoms with Gasteiger partial charge in [-0.2, -0.15) is 0 Å². The van der Waals surface area contributed by atoms with E-state index in [-0.39, 0.29) is 0 Å². The molecule has 0 aliphatic carbocycles. The Hall–Kier alpha value is -2.41. The molecule has 4 heteroatoms. The number of fused-ring (bicyclic) bond motifs is 1. The zero-order valence-corrected chi connectivity index (χ0v) is 9.43. The fourth-order valence-electron chi connectivity index (χ4n) is 1.69. The number of nitrogens with two attached hydrogens (primary N) is 1.